The minimum atomic E-state index is -4.97. The summed E-state index contributed by atoms with van der Waals surface area (Å²) >= 11 is 0. The van der Waals surface area contributed by atoms with Crippen molar-refractivity contribution in [2.24, 2.45) is 5.10 Å². The maximum absolute atomic E-state index is 13.7. The van der Waals surface area contributed by atoms with Gasteiger partial charge in [-0.15, -0.1) is 0 Å². The fourth-order valence-corrected chi connectivity index (χ4v) is 2.93. The number of aryl methyl sites for hydroxylation is 1. The van der Waals surface area contributed by atoms with Gasteiger partial charge < -0.3 is 4.90 Å². The van der Waals surface area contributed by atoms with Crippen LogP contribution in [0.2, 0.25) is 0 Å². The van der Waals surface area contributed by atoms with Crippen molar-refractivity contribution < 1.29 is 18.0 Å². The van der Waals surface area contributed by atoms with E-state index in [1.54, 1.807) is 42.5 Å². The molecule has 162 valence electrons. The number of halogens is 3. The van der Waals surface area contributed by atoms with Crippen molar-refractivity contribution in [3.63, 3.8) is 0 Å². The highest BCUT2D eigenvalue weighted by atomic mass is 19.4. The molecule has 1 aromatic heterocycles. The lowest BCUT2D eigenvalue weighted by Crippen LogP contribution is -2.33. The third-order valence-electron chi connectivity index (χ3n) is 4.51. The van der Waals surface area contributed by atoms with E-state index in [1.807, 2.05) is 24.4 Å². The third kappa shape index (κ3) is 4.68. The number of rotatable bonds is 5. The Labute approximate surface area is 175 Å². The van der Waals surface area contributed by atoms with Crippen molar-refractivity contribution >= 4 is 17.3 Å². The van der Waals surface area contributed by atoms with Gasteiger partial charge in [-0.05, 0) is 43.3 Å². The first-order chi connectivity index (χ1) is 14.6. The predicted molar refractivity (Wildman–Crippen MR) is 112 cm³/mol. The zero-order chi connectivity index (χ0) is 22.8. The molecule has 0 unspecified atom stereocenters. The summed E-state index contributed by atoms with van der Waals surface area (Å²) in [4.78, 5) is 26.8. The standard InChI is InChI=1S/C21H20F3N5O2/c1-13-17(20(31)29(27-13)16-7-5-4-6-8-16)18(21(22,23)24)25-26-19(30)14-9-11-15(12-10-14)28(2)3/h4-12,27H,1-3H3,(H,26,30)/b25-18-. The van der Waals surface area contributed by atoms with Crippen LogP contribution in [-0.4, -0.2) is 41.7 Å². The fourth-order valence-electron chi connectivity index (χ4n) is 2.93. The number of nitrogens with one attached hydrogen (secondary N) is 2. The molecule has 31 heavy (non-hydrogen) atoms. The summed E-state index contributed by atoms with van der Waals surface area (Å²) in [5.74, 6) is -0.830. The summed E-state index contributed by atoms with van der Waals surface area (Å²) in [6.07, 6.45) is -4.97. The average Bonchev–Trinajstić information content (AvgIpc) is 3.02. The molecule has 0 bridgehead atoms. The van der Waals surface area contributed by atoms with Crippen LogP contribution in [0.3, 0.4) is 0 Å². The topological polar surface area (TPSA) is 82.5 Å². The molecule has 2 N–H and O–H groups in total. The van der Waals surface area contributed by atoms with E-state index in [-0.39, 0.29) is 11.3 Å². The second-order valence-corrected chi connectivity index (χ2v) is 6.93. The van der Waals surface area contributed by atoms with Crippen molar-refractivity contribution in [3.8, 4) is 5.69 Å². The van der Waals surface area contributed by atoms with Crippen LogP contribution in [0.1, 0.15) is 21.6 Å². The second kappa shape index (κ2) is 8.50. The molecular weight excluding hydrogens is 411 g/mol. The molecule has 1 heterocycles. The second-order valence-electron chi connectivity index (χ2n) is 6.93. The molecule has 7 nitrogen and oxygen atoms in total. The summed E-state index contributed by atoms with van der Waals surface area (Å²) in [5.41, 5.74) is 0.113. The van der Waals surface area contributed by atoms with Crippen molar-refractivity contribution in [2.75, 3.05) is 19.0 Å². The number of aromatic nitrogens is 2. The number of nitrogens with zero attached hydrogens (tertiary/aromatic N) is 3. The number of H-pyrrole nitrogens is 1. The molecule has 0 radical (unpaired) electrons. The number of hydrazone groups is 1. The first-order valence-corrected chi connectivity index (χ1v) is 9.19. The molecule has 0 saturated heterocycles. The van der Waals surface area contributed by atoms with E-state index in [1.165, 1.54) is 19.1 Å². The van der Waals surface area contributed by atoms with Gasteiger partial charge in [0.15, 0.2) is 5.71 Å². The van der Waals surface area contributed by atoms with E-state index >= 15 is 0 Å². The Morgan fingerprint density at radius 3 is 2.23 bits per heavy atom. The summed E-state index contributed by atoms with van der Waals surface area (Å²) in [7, 11) is 3.63. The van der Waals surface area contributed by atoms with E-state index in [4.69, 9.17) is 0 Å². The minimum absolute atomic E-state index is 0.0329. The van der Waals surface area contributed by atoms with Crippen LogP contribution in [0.25, 0.3) is 5.69 Å². The van der Waals surface area contributed by atoms with Gasteiger partial charge in [0, 0.05) is 31.0 Å². The highest BCUT2D eigenvalue weighted by Gasteiger charge is 2.41. The molecule has 0 saturated carbocycles. The van der Waals surface area contributed by atoms with Crippen molar-refractivity contribution in [3.05, 3.63) is 81.8 Å². The van der Waals surface area contributed by atoms with Crippen molar-refractivity contribution in [1.82, 2.24) is 15.2 Å². The Balaban J connectivity index is 1.96. The fraction of sp³-hybridized carbons (Fsp3) is 0.190. The number of alkyl halides is 3. The summed E-state index contributed by atoms with van der Waals surface area (Å²) in [5, 5.41) is 5.90. The van der Waals surface area contributed by atoms with E-state index in [0.29, 0.717) is 5.69 Å². The van der Waals surface area contributed by atoms with Crippen molar-refractivity contribution in [1.29, 1.82) is 0 Å². The lowest BCUT2D eigenvalue weighted by atomic mass is 10.1. The zero-order valence-corrected chi connectivity index (χ0v) is 17.0. The van der Waals surface area contributed by atoms with Gasteiger partial charge in [0.05, 0.1) is 11.3 Å². The maximum atomic E-state index is 13.7. The number of amides is 1. The van der Waals surface area contributed by atoms with Gasteiger partial charge in [0.1, 0.15) is 0 Å². The highest BCUT2D eigenvalue weighted by molar-refractivity contribution is 6.06. The lowest BCUT2D eigenvalue weighted by molar-refractivity contribution is -0.0584. The Bertz CT molecular complexity index is 1160. The van der Waals surface area contributed by atoms with Crippen LogP contribution in [0.15, 0.2) is 64.5 Å². The molecule has 0 aliphatic carbocycles. The Morgan fingerprint density at radius 2 is 1.68 bits per heavy atom. The number of carbonyl (C=O) groups excluding carboxylic acids is 1. The zero-order valence-electron chi connectivity index (χ0n) is 17.0. The number of hydrogen-bond donors (Lipinski definition) is 2. The van der Waals surface area contributed by atoms with E-state index < -0.39 is 28.9 Å². The maximum Gasteiger partial charge on any atom is 0.435 e. The minimum Gasteiger partial charge on any atom is -0.378 e. The molecule has 10 heteroatoms. The van der Waals surface area contributed by atoms with Crippen LogP contribution < -0.4 is 15.9 Å². The number of anilines is 1. The molecular formula is C21H20F3N5O2. The Kier molecular flexibility index (Phi) is 6.00. The van der Waals surface area contributed by atoms with E-state index in [2.05, 4.69) is 10.2 Å². The number of para-hydroxylation sites is 1. The van der Waals surface area contributed by atoms with Crippen LogP contribution in [0.4, 0.5) is 18.9 Å². The number of carbonyl (C=O) groups is 1. The average molecular weight is 431 g/mol. The third-order valence-corrected chi connectivity index (χ3v) is 4.51. The SMILES string of the molecule is Cc1[nH]n(-c2ccccc2)c(=O)c1/C(=N/NC(=O)c1ccc(N(C)C)cc1)C(F)(F)F. The summed E-state index contributed by atoms with van der Waals surface area (Å²) in [6, 6.07) is 14.4. The molecule has 3 aromatic rings. The van der Waals surface area contributed by atoms with Crippen LogP contribution in [0, 0.1) is 6.92 Å². The van der Waals surface area contributed by atoms with Crippen LogP contribution >= 0.6 is 0 Å². The van der Waals surface area contributed by atoms with E-state index in [9.17, 15) is 22.8 Å². The smallest absolute Gasteiger partial charge is 0.378 e. The van der Waals surface area contributed by atoms with Gasteiger partial charge in [-0.3, -0.25) is 14.7 Å². The van der Waals surface area contributed by atoms with Gasteiger partial charge in [-0.25, -0.2) is 10.1 Å². The predicted octanol–water partition coefficient (Wildman–Crippen LogP) is 3.24. The highest BCUT2D eigenvalue weighted by Crippen LogP contribution is 2.23. The molecule has 0 aliphatic heterocycles. The molecule has 2 aromatic carbocycles. The van der Waals surface area contributed by atoms with Crippen LogP contribution in [-0.2, 0) is 0 Å². The molecule has 0 atom stereocenters. The quantitative estimate of drug-likeness (QED) is 0.481. The van der Waals surface area contributed by atoms with Gasteiger partial charge in [-0.1, -0.05) is 18.2 Å². The molecule has 0 aliphatic rings. The van der Waals surface area contributed by atoms with Crippen LogP contribution in [0.5, 0.6) is 0 Å². The van der Waals surface area contributed by atoms with Gasteiger partial charge >= 0.3 is 6.18 Å². The summed E-state index contributed by atoms with van der Waals surface area (Å²) in [6.45, 7) is 1.33. The molecule has 1 amide bonds. The largest absolute Gasteiger partial charge is 0.435 e. The molecule has 3 rings (SSSR count). The number of hydrogen-bond acceptors (Lipinski definition) is 4. The Morgan fingerprint density at radius 1 is 1.06 bits per heavy atom. The monoisotopic (exact) mass is 431 g/mol. The normalized spacial score (nSPS) is 12.0. The first-order valence-electron chi connectivity index (χ1n) is 9.19. The van der Waals surface area contributed by atoms with Crippen molar-refractivity contribution in [2.45, 2.75) is 13.1 Å². The molecule has 0 fully saturated rings. The number of benzene rings is 2. The first kappa shape index (κ1) is 21.9. The molecule has 0 spiro atoms. The Hall–Kier alpha value is -3.82. The summed E-state index contributed by atoms with van der Waals surface area (Å²) < 4.78 is 42.2. The van der Waals surface area contributed by atoms with E-state index in [0.717, 1.165) is 10.4 Å². The number of aromatic amines is 1. The lowest BCUT2D eigenvalue weighted by Gasteiger charge is -2.12. The van der Waals surface area contributed by atoms with Gasteiger partial charge in [0.2, 0.25) is 0 Å². The van der Waals surface area contributed by atoms with Gasteiger partial charge in [-0.2, -0.15) is 18.3 Å². The van der Waals surface area contributed by atoms with Gasteiger partial charge in [0.25, 0.3) is 11.5 Å².